The molecule has 0 aliphatic carbocycles. The first kappa shape index (κ1) is 14.7. The lowest BCUT2D eigenvalue weighted by molar-refractivity contribution is 0.812. The topological polar surface area (TPSA) is 95.6 Å². The molecule has 0 radical (unpaired) electrons. The van der Waals surface area contributed by atoms with Gasteiger partial charge in [0, 0.05) is 22.5 Å². The zero-order chi connectivity index (χ0) is 17.7. The molecule has 0 aliphatic heterocycles. The van der Waals surface area contributed by atoms with Gasteiger partial charge in [-0.2, -0.15) is 4.98 Å². The van der Waals surface area contributed by atoms with Gasteiger partial charge in [-0.1, -0.05) is 24.3 Å². The van der Waals surface area contributed by atoms with Gasteiger partial charge in [0.25, 0.3) is 0 Å². The maximum atomic E-state index is 6.09. The maximum Gasteiger partial charge on any atom is 0.222 e. The Morgan fingerprint density at radius 2 is 1.69 bits per heavy atom. The van der Waals surface area contributed by atoms with Crippen LogP contribution in [0.4, 0.5) is 11.8 Å². The number of hydrogen-bond donors (Lipinski definition) is 2. The Balaban J connectivity index is 1.63. The Morgan fingerprint density at radius 3 is 2.62 bits per heavy atom. The molecule has 0 unspecified atom stereocenters. The fourth-order valence-electron chi connectivity index (χ4n) is 3.46. The molecule has 3 heterocycles. The molecule has 0 saturated carbocycles. The van der Waals surface area contributed by atoms with Crippen LogP contribution in [0.25, 0.3) is 32.7 Å². The molecule has 6 nitrogen and oxygen atoms in total. The SMILES string of the molecule is Nc1nc(N)c2c(ccc3c2ccn3Cc2ccc3ccccc3n2)n1. The molecule has 6 heteroatoms. The van der Waals surface area contributed by atoms with E-state index in [0.29, 0.717) is 12.4 Å². The molecule has 126 valence electrons. The second-order valence-electron chi connectivity index (χ2n) is 6.30. The molecule has 5 rings (SSSR count). The predicted molar refractivity (Wildman–Crippen MR) is 105 cm³/mol. The van der Waals surface area contributed by atoms with Gasteiger partial charge in [-0.3, -0.25) is 4.98 Å². The number of rotatable bonds is 2. The van der Waals surface area contributed by atoms with Crippen LogP contribution in [0.2, 0.25) is 0 Å². The number of nitrogens with two attached hydrogens (primary N) is 2. The van der Waals surface area contributed by atoms with Gasteiger partial charge in [0.05, 0.1) is 28.7 Å². The second kappa shape index (κ2) is 5.42. The van der Waals surface area contributed by atoms with E-state index >= 15 is 0 Å². The van der Waals surface area contributed by atoms with Crippen LogP contribution in [0.3, 0.4) is 0 Å². The number of benzene rings is 2. The van der Waals surface area contributed by atoms with E-state index in [1.54, 1.807) is 0 Å². The smallest absolute Gasteiger partial charge is 0.222 e. The fraction of sp³-hybridized carbons (Fsp3) is 0.0500. The van der Waals surface area contributed by atoms with Crippen LogP contribution >= 0.6 is 0 Å². The molecular weight excluding hydrogens is 324 g/mol. The van der Waals surface area contributed by atoms with E-state index in [-0.39, 0.29) is 5.95 Å². The van der Waals surface area contributed by atoms with Gasteiger partial charge >= 0.3 is 0 Å². The van der Waals surface area contributed by atoms with Crippen molar-refractivity contribution in [3.8, 4) is 0 Å². The van der Waals surface area contributed by atoms with Gasteiger partial charge in [-0.15, -0.1) is 0 Å². The van der Waals surface area contributed by atoms with Gasteiger partial charge in [0.2, 0.25) is 5.95 Å². The number of para-hydroxylation sites is 1. The van der Waals surface area contributed by atoms with Crippen molar-refractivity contribution >= 4 is 44.5 Å². The van der Waals surface area contributed by atoms with Crippen molar-refractivity contribution in [2.24, 2.45) is 0 Å². The van der Waals surface area contributed by atoms with Crippen molar-refractivity contribution < 1.29 is 0 Å². The Morgan fingerprint density at radius 1 is 0.808 bits per heavy atom. The van der Waals surface area contributed by atoms with E-state index < -0.39 is 0 Å². The molecular formula is C20H16N6. The van der Waals surface area contributed by atoms with Crippen LogP contribution in [0.15, 0.2) is 60.8 Å². The van der Waals surface area contributed by atoms with E-state index in [4.69, 9.17) is 16.5 Å². The molecule has 0 saturated heterocycles. The summed E-state index contributed by atoms with van der Waals surface area (Å²) in [6.07, 6.45) is 2.04. The number of nitrogen functional groups attached to an aromatic ring is 2. The first-order chi connectivity index (χ1) is 12.7. The van der Waals surface area contributed by atoms with Gasteiger partial charge < -0.3 is 16.0 Å². The summed E-state index contributed by atoms with van der Waals surface area (Å²) in [5.74, 6) is 0.592. The first-order valence-corrected chi connectivity index (χ1v) is 8.34. The normalized spacial score (nSPS) is 11.5. The minimum absolute atomic E-state index is 0.189. The van der Waals surface area contributed by atoms with Crippen LogP contribution in [0.1, 0.15) is 5.69 Å². The molecule has 0 fully saturated rings. The van der Waals surface area contributed by atoms with Crippen molar-refractivity contribution in [3.63, 3.8) is 0 Å². The largest absolute Gasteiger partial charge is 0.383 e. The second-order valence-corrected chi connectivity index (χ2v) is 6.30. The average molecular weight is 340 g/mol. The summed E-state index contributed by atoms with van der Waals surface area (Å²) in [4.78, 5) is 13.1. The lowest BCUT2D eigenvalue weighted by Gasteiger charge is -2.08. The van der Waals surface area contributed by atoms with E-state index in [0.717, 1.165) is 38.4 Å². The molecule has 0 atom stereocenters. The van der Waals surface area contributed by atoms with E-state index in [1.165, 1.54) is 0 Å². The van der Waals surface area contributed by atoms with Crippen molar-refractivity contribution in [2.75, 3.05) is 11.5 Å². The molecule has 3 aromatic heterocycles. The monoisotopic (exact) mass is 340 g/mol. The van der Waals surface area contributed by atoms with Gasteiger partial charge in [-0.25, -0.2) is 4.98 Å². The lowest BCUT2D eigenvalue weighted by atomic mass is 10.1. The highest BCUT2D eigenvalue weighted by Gasteiger charge is 2.11. The standard InChI is InChI=1S/C20H16N6/c21-19-18-14-9-10-26(17(14)8-7-16(18)24-20(22)25-19)11-13-6-5-12-3-1-2-4-15(12)23-13/h1-10H,11H2,(H4,21,22,24,25). The summed E-state index contributed by atoms with van der Waals surface area (Å²) in [6, 6.07) is 18.3. The highest BCUT2D eigenvalue weighted by molar-refractivity contribution is 6.10. The van der Waals surface area contributed by atoms with E-state index in [1.807, 2.05) is 42.6 Å². The molecule has 0 aliphatic rings. The zero-order valence-corrected chi connectivity index (χ0v) is 13.9. The van der Waals surface area contributed by atoms with E-state index in [2.05, 4.69) is 32.7 Å². The number of hydrogen-bond acceptors (Lipinski definition) is 5. The Kier molecular flexibility index (Phi) is 3.05. The summed E-state index contributed by atoms with van der Waals surface area (Å²) in [5.41, 5.74) is 15.6. The fourth-order valence-corrected chi connectivity index (χ4v) is 3.46. The minimum atomic E-state index is 0.189. The highest BCUT2D eigenvalue weighted by atomic mass is 15.0. The van der Waals surface area contributed by atoms with Crippen LogP contribution in [-0.2, 0) is 6.54 Å². The molecule has 0 amide bonds. The summed E-state index contributed by atoms with van der Waals surface area (Å²) in [7, 11) is 0. The maximum absolute atomic E-state index is 6.09. The average Bonchev–Trinajstić information content (AvgIpc) is 3.04. The molecule has 2 aromatic carbocycles. The minimum Gasteiger partial charge on any atom is -0.383 e. The molecule has 0 bridgehead atoms. The van der Waals surface area contributed by atoms with E-state index in [9.17, 15) is 0 Å². The lowest BCUT2D eigenvalue weighted by Crippen LogP contribution is -2.02. The quantitative estimate of drug-likeness (QED) is 0.514. The van der Waals surface area contributed by atoms with Gasteiger partial charge in [0.1, 0.15) is 5.82 Å². The Labute approximate surface area is 149 Å². The molecule has 26 heavy (non-hydrogen) atoms. The summed E-state index contributed by atoms with van der Waals surface area (Å²) < 4.78 is 2.15. The van der Waals surface area contributed by atoms with Crippen LogP contribution in [0.5, 0.6) is 0 Å². The van der Waals surface area contributed by atoms with Gasteiger partial charge in [0.15, 0.2) is 0 Å². The van der Waals surface area contributed by atoms with Crippen molar-refractivity contribution in [1.82, 2.24) is 19.5 Å². The summed E-state index contributed by atoms with van der Waals surface area (Å²) in [6.45, 7) is 0.676. The summed E-state index contributed by atoms with van der Waals surface area (Å²) >= 11 is 0. The summed E-state index contributed by atoms with van der Waals surface area (Å²) in [5, 5.41) is 2.99. The van der Waals surface area contributed by atoms with Crippen molar-refractivity contribution in [2.45, 2.75) is 6.54 Å². The number of pyridine rings is 1. The molecule has 5 aromatic rings. The molecule has 4 N–H and O–H groups in total. The Bertz CT molecular complexity index is 1290. The predicted octanol–water partition coefficient (Wildman–Crippen LogP) is 3.35. The Hall–Kier alpha value is -3.67. The van der Waals surface area contributed by atoms with Crippen LogP contribution in [-0.4, -0.2) is 19.5 Å². The number of aromatic nitrogens is 4. The van der Waals surface area contributed by atoms with Gasteiger partial charge in [-0.05, 0) is 30.3 Å². The third-order valence-corrected chi connectivity index (χ3v) is 4.65. The third kappa shape index (κ3) is 2.23. The highest BCUT2D eigenvalue weighted by Crippen LogP contribution is 2.29. The van der Waals surface area contributed by atoms with Crippen molar-refractivity contribution in [3.05, 3.63) is 66.5 Å². The molecule has 0 spiro atoms. The number of fused-ring (bicyclic) bond motifs is 4. The van der Waals surface area contributed by atoms with Crippen LogP contribution < -0.4 is 11.5 Å². The number of nitrogens with zero attached hydrogens (tertiary/aromatic N) is 4. The first-order valence-electron chi connectivity index (χ1n) is 8.34. The zero-order valence-electron chi connectivity index (χ0n) is 13.9. The number of anilines is 2. The van der Waals surface area contributed by atoms with Crippen molar-refractivity contribution in [1.29, 1.82) is 0 Å². The third-order valence-electron chi connectivity index (χ3n) is 4.65. The van der Waals surface area contributed by atoms with Crippen LogP contribution in [0, 0.1) is 0 Å².